The SMILES string of the molecule is Cc1cc(OCC(=O)N2CCCC(C(=O)N3CCOCC3)C2)ccc1Cl. The lowest BCUT2D eigenvalue weighted by atomic mass is 9.96. The van der Waals surface area contributed by atoms with Crippen molar-refractivity contribution in [1.29, 1.82) is 0 Å². The normalized spacial score (nSPS) is 20.8. The second-order valence-corrected chi connectivity index (χ2v) is 7.22. The molecular formula is C19H25ClN2O4. The van der Waals surface area contributed by atoms with Crippen molar-refractivity contribution in [2.45, 2.75) is 19.8 Å². The number of hydrogen-bond donors (Lipinski definition) is 0. The first-order valence-electron chi connectivity index (χ1n) is 9.08. The summed E-state index contributed by atoms with van der Waals surface area (Å²) >= 11 is 6.00. The van der Waals surface area contributed by atoms with Gasteiger partial charge >= 0.3 is 0 Å². The standard InChI is InChI=1S/C19H25ClN2O4/c1-14-11-16(4-5-17(14)20)26-13-18(23)22-6-2-3-15(12-22)19(24)21-7-9-25-10-8-21/h4-5,11,15H,2-3,6-10,12-13H2,1H3. The first-order chi connectivity index (χ1) is 12.5. The van der Waals surface area contributed by atoms with E-state index in [2.05, 4.69) is 0 Å². The molecule has 1 atom stereocenters. The number of aryl methyl sites for hydroxylation is 1. The third kappa shape index (κ3) is 4.68. The zero-order chi connectivity index (χ0) is 18.5. The molecule has 2 heterocycles. The highest BCUT2D eigenvalue weighted by atomic mass is 35.5. The Balaban J connectivity index is 1.52. The third-order valence-corrected chi connectivity index (χ3v) is 5.36. The van der Waals surface area contributed by atoms with E-state index in [1.807, 2.05) is 17.9 Å². The number of carbonyl (C=O) groups is 2. The predicted octanol–water partition coefficient (Wildman–Crippen LogP) is 2.12. The molecule has 2 saturated heterocycles. The minimum atomic E-state index is -0.122. The maximum Gasteiger partial charge on any atom is 0.260 e. The molecule has 2 amide bonds. The number of halogens is 1. The molecule has 3 rings (SSSR count). The second kappa shape index (κ2) is 8.73. The van der Waals surface area contributed by atoms with Gasteiger partial charge in [0.2, 0.25) is 5.91 Å². The molecular weight excluding hydrogens is 356 g/mol. The van der Waals surface area contributed by atoms with Crippen LogP contribution in [0.4, 0.5) is 0 Å². The Bertz CT molecular complexity index is 661. The zero-order valence-corrected chi connectivity index (χ0v) is 15.8. The molecule has 142 valence electrons. The van der Waals surface area contributed by atoms with Crippen LogP contribution in [0.5, 0.6) is 5.75 Å². The van der Waals surface area contributed by atoms with Crippen molar-refractivity contribution in [2.24, 2.45) is 5.92 Å². The van der Waals surface area contributed by atoms with Crippen LogP contribution in [0.3, 0.4) is 0 Å². The van der Waals surface area contributed by atoms with E-state index in [1.165, 1.54) is 0 Å². The van der Waals surface area contributed by atoms with E-state index >= 15 is 0 Å². The van der Waals surface area contributed by atoms with Crippen LogP contribution in [0.1, 0.15) is 18.4 Å². The summed E-state index contributed by atoms with van der Waals surface area (Å²) in [5, 5.41) is 0.671. The maximum atomic E-state index is 12.7. The molecule has 0 aromatic heterocycles. The van der Waals surface area contributed by atoms with Crippen molar-refractivity contribution in [3.63, 3.8) is 0 Å². The van der Waals surface area contributed by atoms with E-state index in [0.717, 1.165) is 18.4 Å². The van der Waals surface area contributed by atoms with Crippen LogP contribution < -0.4 is 4.74 Å². The summed E-state index contributed by atoms with van der Waals surface area (Å²) in [4.78, 5) is 28.8. The first-order valence-corrected chi connectivity index (χ1v) is 9.45. The van der Waals surface area contributed by atoms with Crippen molar-refractivity contribution in [1.82, 2.24) is 9.80 Å². The number of rotatable bonds is 4. The Kier molecular flexibility index (Phi) is 6.38. The molecule has 0 radical (unpaired) electrons. The molecule has 0 saturated carbocycles. The Morgan fingerprint density at radius 2 is 2.00 bits per heavy atom. The van der Waals surface area contributed by atoms with Crippen molar-refractivity contribution < 1.29 is 19.1 Å². The van der Waals surface area contributed by atoms with Gasteiger partial charge in [0.25, 0.3) is 5.91 Å². The van der Waals surface area contributed by atoms with Gasteiger partial charge in [0.1, 0.15) is 5.75 Å². The van der Waals surface area contributed by atoms with Crippen molar-refractivity contribution in [2.75, 3.05) is 46.0 Å². The highest BCUT2D eigenvalue weighted by Gasteiger charge is 2.31. The fourth-order valence-corrected chi connectivity index (χ4v) is 3.51. The van der Waals surface area contributed by atoms with Crippen LogP contribution >= 0.6 is 11.6 Å². The minimum Gasteiger partial charge on any atom is -0.484 e. The molecule has 1 unspecified atom stereocenters. The second-order valence-electron chi connectivity index (χ2n) is 6.82. The largest absolute Gasteiger partial charge is 0.484 e. The lowest BCUT2D eigenvalue weighted by molar-refractivity contribution is -0.144. The molecule has 6 nitrogen and oxygen atoms in total. The van der Waals surface area contributed by atoms with Gasteiger partial charge in [-0.15, -0.1) is 0 Å². The smallest absolute Gasteiger partial charge is 0.260 e. The number of morpholine rings is 1. The van der Waals surface area contributed by atoms with Crippen LogP contribution in [-0.4, -0.2) is 67.6 Å². The summed E-state index contributed by atoms with van der Waals surface area (Å²) in [6, 6.07) is 5.33. The Hall–Kier alpha value is -1.79. The average Bonchev–Trinajstić information content (AvgIpc) is 2.69. The quantitative estimate of drug-likeness (QED) is 0.802. The van der Waals surface area contributed by atoms with Crippen molar-refractivity contribution in [3.8, 4) is 5.75 Å². The number of carbonyl (C=O) groups excluding carboxylic acids is 2. The molecule has 1 aromatic rings. The molecule has 26 heavy (non-hydrogen) atoms. The van der Waals surface area contributed by atoms with Crippen molar-refractivity contribution >= 4 is 23.4 Å². The van der Waals surface area contributed by atoms with Crippen LogP contribution in [0.25, 0.3) is 0 Å². The first kappa shape index (κ1) is 19.0. The van der Waals surface area contributed by atoms with Gasteiger partial charge in [-0.3, -0.25) is 9.59 Å². The Morgan fingerprint density at radius 1 is 1.23 bits per heavy atom. The number of amides is 2. The Labute approximate surface area is 159 Å². The number of likely N-dealkylation sites (tertiary alicyclic amines) is 1. The monoisotopic (exact) mass is 380 g/mol. The molecule has 2 aliphatic heterocycles. The average molecular weight is 381 g/mol. The van der Waals surface area contributed by atoms with Gasteiger partial charge in [0, 0.05) is 31.2 Å². The fourth-order valence-electron chi connectivity index (χ4n) is 3.39. The van der Waals surface area contributed by atoms with Gasteiger partial charge in [0.05, 0.1) is 19.1 Å². The van der Waals surface area contributed by atoms with Gasteiger partial charge in [-0.25, -0.2) is 0 Å². The molecule has 1 aromatic carbocycles. The summed E-state index contributed by atoms with van der Waals surface area (Å²) in [7, 11) is 0. The third-order valence-electron chi connectivity index (χ3n) is 4.94. The number of piperidine rings is 1. The highest BCUT2D eigenvalue weighted by Crippen LogP contribution is 2.22. The van der Waals surface area contributed by atoms with E-state index in [-0.39, 0.29) is 24.3 Å². The lowest BCUT2D eigenvalue weighted by Crippen LogP contribution is -2.50. The van der Waals surface area contributed by atoms with Gasteiger partial charge in [-0.05, 0) is 43.5 Å². The van der Waals surface area contributed by atoms with Crippen molar-refractivity contribution in [3.05, 3.63) is 28.8 Å². The van der Waals surface area contributed by atoms with Gasteiger partial charge in [0.15, 0.2) is 6.61 Å². The molecule has 0 spiro atoms. The lowest BCUT2D eigenvalue weighted by Gasteiger charge is -2.36. The summed E-state index contributed by atoms with van der Waals surface area (Å²) in [5.41, 5.74) is 0.908. The van der Waals surface area contributed by atoms with Gasteiger partial charge < -0.3 is 19.3 Å². The minimum absolute atomic E-state index is 0.0282. The molecule has 2 fully saturated rings. The van der Waals surface area contributed by atoms with Gasteiger partial charge in [-0.2, -0.15) is 0 Å². The molecule has 0 bridgehead atoms. The van der Waals surface area contributed by atoms with Crippen LogP contribution in [-0.2, 0) is 14.3 Å². The fraction of sp³-hybridized carbons (Fsp3) is 0.579. The molecule has 2 aliphatic rings. The molecule has 0 N–H and O–H groups in total. The highest BCUT2D eigenvalue weighted by molar-refractivity contribution is 6.31. The number of ether oxygens (including phenoxy) is 2. The topological polar surface area (TPSA) is 59.1 Å². The van der Waals surface area contributed by atoms with E-state index in [4.69, 9.17) is 21.1 Å². The number of hydrogen-bond acceptors (Lipinski definition) is 4. The van der Waals surface area contributed by atoms with E-state index in [0.29, 0.717) is 50.2 Å². The summed E-state index contributed by atoms with van der Waals surface area (Å²) < 4.78 is 10.9. The van der Waals surface area contributed by atoms with E-state index in [9.17, 15) is 9.59 Å². The van der Waals surface area contributed by atoms with Crippen LogP contribution in [0.2, 0.25) is 5.02 Å². The summed E-state index contributed by atoms with van der Waals surface area (Å²) in [5.74, 6) is 0.555. The van der Waals surface area contributed by atoms with Crippen LogP contribution in [0.15, 0.2) is 18.2 Å². The summed E-state index contributed by atoms with van der Waals surface area (Å²) in [6.45, 7) is 5.48. The number of benzene rings is 1. The summed E-state index contributed by atoms with van der Waals surface area (Å²) in [6.07, 6.45) is 1.67. The van der Waals surface area contributed by atoms with Crippen LogP contribution in [0, 0.1) is 12.8 Å². The zero-order valence-electron chi connectivity index (χ0n) is 15.1. The maximum absolute atomic E-state index is 12.7. The predicted molar refractivity (Wildman–Crippen MR) is 98.4 cm³/mol. The number of nitrogens with zero attached hydrogens (tertiary/aromatic N) is 2. The molecule has 0 aliphatic carbocycles. The molecule has 7 heteroatoms. The Morgan fingerprint density at radius 3 is 2.73 bits per heavy atom. The van der Waals surface area contributed by atoms with E-state index < -0.39 is 0 Å². The van der Waals surface area contributed by atoms with Gasteiger partial charge in [-0.1, -0.05) is 11.6 Å². The van der Waals surface area contributed by atoms with E-state index in [1.54, 1.807) is 17.0 Å².